The van der Waals surface area contributed by atoms with Gasteiger partial charge in [-0.3, -0.25) is 0 Å². The minimum Gasteiger partial charge on any atom is -0.396 e. The quantitative estimate of drug-likeness (QED) is 0.692. The van der Waals surface area contributed by atoms with Gasteiger partial charge in [-0.15, -0.1) is 0 Å². The van der Waals surface area contributed by atoms with Crippen LogP contribution in [0.1, 0.15) is 38.5 Å². The van der Waals surface area contributed by atoms with Gasteiger partial charge in [0.05, 0.1) is 0 Å². The van der Waals surface area contributed by atoms with Crippen molar-refractivity contribution in [1.29, 1.82) is 0 Å². The molecule has 0 unspecified atom stereocenters. The van der Waals surface area contributed by atoms with E-state index in [9.17, 15) is 0 Å². The summed E-state index contributed by atoms with van der Waals surface area (Å²) >= 11 is 0. The molecular formula is C13H23NO. The first-order valence-corrected chi connectivity index (χ1v) is 6.71. The summed E-state index contributed by atoms with van der Waals surface area (Å²) in [5.41, 5.74) is 0. The summed E-state index contributed by atoms with van der Waals surface area (Å²) in [5, 5.41) is 12.5. The van der Waals surface area contributed by atoms with Crippen LogP contribution in [0.5, 0.6) is 0 Å². The average Bonchev–Trinajstić information content (AvgIpc) is 2.21. The van der Waals surface area contributed by atoms with E-state index in [1.807, 2.05) is 0 Å². The van der Waals surface area contributed by atoms with E-state index in [4.69, 9.17) is 5.11 Å². The molecule has 0 aromatic rings. The Morgan fingerprint density at radius 3 is 2.07 bits per heavy atom. The third-order valence-electron chi connectivity index (χ3n) is 4.94. The standard InChI is InChI=1S/C13H23NO/c15-3-1-2-14-13-11-5-9-4-10(7-11)8-12(13)6-9/h9-15H,1-8H2. The van der Waals surface area contributed by atoms with Gasteiger partial charge in [0, 0.05) is 12.6 Å². The van der Waals surface area contributed by atoms with Crippen molar-refractivity contribution in [3.63, 3.8) is 0 Å². The second-order valence-electron chi connectivity index (χ2n) is 5.99. The number of hydrogen-bond donors (Lipinski definition) is 2. The normalized spacial score (nSPS) is 47.4. The van der Waals surface area contributed by atoms with Gasteiger partial charge in [0.15, 0.2) is 0 Å². The third kappa shape index (κ3) is 1.83. The van der Waals surface area contributed by atoms with E-state index in [2.05, 4.69) is 5.32 Å². The maximum Gasteiger partial charge on any atom is 0.0443 e. The monoisotopic (exact) mass is 209 g/mol. The Morgan fingerprint density at radius 2 is 1.53 bits per heavy atom. The van der Waals surface area contributed by atoms with E-state index >= 15 is 0 Å². The van der Waals surface area contributed by atoms with Gasteiger partial charge in [-0.25, -0.2) is 0 Å². The second-order valence-corrected chi connectivity index (χ2v) is 5.99. The molecule has 4 aliphatic carbocycles. The summed E-state index contributed by atoms with van der Waals surface area (Å²) in [7, 11) is 0. The predicted octanol–water partition coefficient (Wildman–Crippen LogP) is 1.78. The van der Waals surface area contributed by atoms with Crippen LogP contribution in [-0.4, -0.2) is 24.3 Å². The van der Waals surface area contributed by atoms with E-state index in [0.717, 1.165) is 42.7 Å². The largest absolute Gasteiger partial charge is 0.396 e. The lowest BCUT2D eigenvalue weighted by Crippen LogP contribution is -2.54. The molecular weight excluding hydrogens is 186 g/mol. The fourth-order valence-corrected chi connectivity index (χ4v) is 4.61. The number of rotatable bonds is 4. The number of aliphatic hydroxyl groups is 1. The van der Waals surface area contributed by atoms with Crippen LogP contribution < -0.4 is 5.32 Å². The van der Waals surface area contributed by atoms with Gasteiger partial charge in [-0.05, 0) is 68.7 Å². The summed E-state index contributed by atoms with van der Waals surface area (Å²) in [4.78, 5) is 0. The van der Waals surface area contributed by atoms with Crippen molar-refractivity contribution in [2.75, 3.05) is 13.2 Å². The molecule has 15 heavy (non-hydrogen) atoms. The predicted molar refractivity (Wildman–Crippen MR) is 60.5 cm³/mol. The van der Waals surface area contributed by atoms with Gasteiger partial charge in [0.1, 0.15) is 0 Å². The molecule has 2 N–H and O–H groups in total. The first kappa shape index (κ1) is 10.1. The van der Waals surface area contributed by atoms with Crippen LogP contribution in [0, 0.1) is 23.7 Å². The zero-order valence-corrected chi connectivity index (χ0v) is 9.49. The van der Waals surface area contributed by atoms with E-state index in [-0.39, 0.29) is 0 Å². The molecule has 2 heteroatoms. The lowest BCUT2D eigenvalue weighted by atomic mass is 9.54. The number of hydrogen-bond acceptors (Lipinski definition) is 2. The first-order valence-electron chi connectivity index (χ1n) is 6.71. The fraction of sp³-hybridized carbons (Fsp3) is 1.00. The van der Waals surface area contributed by atoms with Gasteiger partial charge >= 0.3 is 0 Å². The van der Waals surface area contributed by atoms with Gasteiger partial charge < -0.3 is 10.4 Å². The summed E-state index contributed by atoms with van der Waals surface area (Å²) in [5.74, 6) is 4.09. The summed E-state index contributed by atoms with van der Waals surface area (Å²) in [6.07, 6.45) is 8.42. The Bertz CT molecular complexity index is 201. The Morgan fingerprint density at radius 1 is 0.933 bits per heavy atom. The van der Waals surface area contributed by atoms with Crippen molar-refractivity contribution < 1.29 is 5.11 Å². The molecule has 0 aromatic carbocycles. The van der Waals surface area contributed by atoms with Crippen LogP contribution in [-0.2, 0) is 0 Å². The van der Waals surface area contributed by atoms with E-state index < -0.39 is 0 Å². The van der Waals surface area contributed by atoms with Crippen molar-refractivity contribution >= 4 is 0 Å². The highest BCUT2D eigenvalue weighted by Crippen LogP contribution is 2.53. The smallest absolute Gasteiger partial charge is 0.0443 e. The van der Waals surface area contributed by atoms with E-state index in [1.54, 1.807) is 0 Å². The highest BCUT2D eigenvalue weighted by Gasteiger charge is 2.47. The Balaban J connectivity index is 1.60. The topological polar surface area (TPSA) is 32.3 Å². The van der Waals surface area contributed by atoms with Crippen molar-refractivity contribution in [3.8, 4) is 0 Å². The van der Waals surface area contributed by atoms with Crippen LogP contribution in [0.25, 0.3) is 0 Å². The summed E-state index contributed by atoms with van der Waals surface area (Å²) in [6, 6.07) is 0.796. The zero-order valence-electron chi connectivity index (χ0n) is 9.49. The molecule has 4 saturated carbocycles. The van der Waals surface area contributed by atoms with Crippen molar-refractivity contribution in [2.24, 2.45) is 23.7 Å². The molecule has 0 amide bonds. The number of aliphatic hydroxyl groups excluding tert-OH is 1. The SMILES string of the molecule is OCCCNC1C2CC3CC(C2)CC1C3. The molecule has 0 saturated heterocycles. The van der Waals surface area contributed by atoms with Crippen LogP contribution in [0.4, 0.5) is 0 Å². The molecule has 4 rings (SSSR count). The van der Waals surface area contributed by atoms with Gasteiger partial charge in [-0.2, -0.15) is 0 Å². The summed E-state index contributed by atoms with van der Waals surface area (Å²) < 4.78 is 0. The average molecular weight is 209 g/mol. The highest BCUT2D eigenvalue weighted by molar-refractivity contribution is 5.01. The van der Waals surface area contributed by atoms with Gasteiger partial charge in [0.25, 0.3) is 0 Å². The maximum atomic E-state index is 8.81. The minimum absolute atomic E-state index is 0.334. The Hall–Kier alpha value is -0.0800. The molecule has 4 aliphatic rings. The minimum atomic E-state index is 0.334. The van der Waals surface area contributed by atoms with Crippen LogP contribution in [0.2, 0.25) is 0 Å². The highest BCUT2D eigenvalue weighted by atomic mass is 16.3. The van der Waals surface area contributed by atoms with Crippen LogP contribution >= 0.6 is 0 Å². The van der Waals surface area contributed by atoms with Crippen molar-refractivity contribution in [2.45, 2.75) is 44.6 Å². The molecule has 2 nitrogen and oxygen atoms in total. The molecule has 0 spiro atoms. The second kappa shape index (κ2) is 4.06. The number of nitrogens with one attached hydrogen (secondary N) is 1. The molecule has 0 atom stereocenters. The molecule has 0 heterocycles. The van der Waals surface area contributed by atoms with Crippen LogP contribution in [0.3, 0.4) is 0 Å². The van der Waals surface area contributed by atoms with E-state index in [0.29, 0.717) is 6.61 Å². The molecule has 4 bridgehead atoms. The Labute approximate surface area is 92.4 Å². The zero-order chi connectivity index (χ0) is 10.3. The maximum absolute atomic E-state index is 8.81. The fourth-order valence-electron chi connectivity index (χ4n) is 4.61. The lowest BCUT2D eigenvalue weighted by Gasteiger charge is -2.54. The summed E-state index contributed by atoms with van der Waals surface area (Å²) in [6.45, 7) is 1.35. The third-order valence-corrected chi connectivity index (χ3v) is 4.94. The molecule has 0 radical (unpaired) electrons. The molecule has 0 aromatic heterocycles. The first-order chi connectivity index (χ1) is 7.36. The Kier molecular flexibility index (Phi) is 2.73. The van der Waals surface area contributed by atoms with Crippen molar-refractivity contribution in [1.82, 2.24) is 5.32 Å². The molecule has 4 fully saturated rings. The van der Waals surface area contributed by atoms with Gasteiger partial charge in [-0.1, -0.05) is 0 Å². The van der Waals surface area contributed by atoms with Crippen LogP contribution in [0.15, 0.2) is 0 Å². The molecule has 0 aliphatic heterocycles. The van der Waals surface area contributed by atoms with E-state index in [1.165, 1.54) is 32.1 Å². The lowest BCUT2D eigenvalue weighted by molar-refractivity contribution is -0.0138. The molecule has 86 valence electrons. The van der Waals surface area contributed by atoms with Crippen molar-refractivity contribution in [3.05, 3.63) is 0 Å². The van der Waals surface area contributed by atoms with Gasteiger partial charge in [0.2, 0.25) is 0 Å².